The van der Waals surface area contributed by atoms with Crippen LogP contribution in [0.3, 0.4) is 0 Å². The van der Waals surface area contributed by atoms with Gasteiger partial charge in [-0.1, -0.05) is 29.3 Å². The molecule has 0 aliphatic heterocycles. The van der Waals surface area contributed by atoms with E-state index in [1.54, 1.807) is 25.1 Å². The van der Waals surface area contributed by atoms with Gasteiger partial charge in [-0.3, -0.25) is 0 Å². The number of nitrogens with two attached hydrogens (primary N) is 1. The van der Waals surface area contributed by atoms with Crippen molar-refractivity contribution in [1.29, 1.82) is 10.5 Å². The Kier molecular flexibility index (Phi) is 4.72. The number of ether oxygens (including phenoxy) is 1. The zero-order valence-electron chi connectivity index (χ0n) is 11.5. The van der Waals surface area contributed by atoms with E-state index in [0.717, 1.165) is 0 Å². The minimum atomic E-state index is -0.0454. The molecule has 0 saturated carbocycles. The van der Waals surface area contributed by atoms with Gasteiger partial charge in [0, 0.05) is 21.2 Å². The molecule has 0 atom stereocenters. The first-order chi connectivity index (χ1) is 10.5. The number of halogens is 2. The van der Waals surface area contributed by atoms with Gasteiger partial charge < -0.3 is 10.5 Å². The van der Waals surface area contributed by atoms with Crippen LogP contribution in [0.4, 0.5) is 5.82 Å². The van der Waals surface area contributed by atoms with E-state index >= 15 is 0 Å². The number of nitrogens with zero attached hydrogens (tertiary/aromatic N) is 3. The number of hydrogen-bond acceptors (Lipinski definition) is 5. The number of hydrogen-bond donors (Lipinski definition) is 1. The minimum absolute atomic E-state index is 0.0370. The number of anilines is 1. The first kappa shape index (κ1) is 15.9. The Morgan fingerprint density at radius 2 is 1.73 bits per heavy atom. The molecule has 5 nitrogen and oxygen atoms in total. The van der Waals surface area contributed by atoms with E-state index < -0.39 is 0 Å². The van der Waals surface area contributed by atoms with Crippen LogP contribution in [0.25, 0.3) is 11.1 Å². The molecule has 1 aromatic heterocycles. The lowest BCUT2D eigenvalue weighted by Crippen LogP contribution is -2.06. The number of pyridine rings is 1. The fraction of sp³-hybridized carbons (Fsp3) is 0.133. The second kappa shape index (κ2) is 6.53. The van der Waals surface area contributed by atoms with E-state index in [1.807, 2.05) is 12.1 Å². The minimum Gasteiger partial charge on any atom is -0.477 e. The lowest BCUT2D eigenvalue weighted by molar-refractivity contribution is 0.326. The van der Waals surface area contributed by atoms with Crippen molar-refractivity contribution in [2.24, 2.45) is 0 Å². The van der Waals surface area contributed by atoms with Crippen LogP contribution in [-0.4, -0.2) is 11.6 Å². The van der Waals surface area contributed by atoms with Crippen molar-refractivity contribution in [2.75, 3.05) is 12.3 Å². The summed E-state index contributed by atoms with van der Waals surface area (Å²) in [4.78, 5) is 3.97. The lowest BCUT2D eigenvalue weighted by Gasteiger charge is -2.15. The van der Waals surface area contributed by atoms with E-state index in [4.69, 9.17) is 33.7 Å². The molecule has 0 aliphatic rings. The van der Waals surface area contributed by atoms with Crippen molar-refractivity contribution in [3.05, 3.63) is 39.4 Å². The Morgan fingerprint density at radius 3 is 2.23 bits per heavy atom. The third-order valence-corrected chi connectivity index (χ3v) is 3.54. The van der Waals surface area contributed by atoms with Crippen molar-refractivity contribution in [1.82, 2.24) is 4.98 Å². The van der Waals surface area contributed by atoms with Gasteiger partial charge in [0.25, 0.3) is 0 Å². The van der Waals surface area contributed by atoms with E-state index in [-0.39, 0.29) is 28.4 Å². The highest BCUT2D eigenvalue weighted by atomic mass is 35.5. The van der Waals surface area contributed by atoms with Crippen molar-refractivity contribution in [2.45, 2.75) is 6.92 Å². The highest BCUT2D eigenvalue weighted by molar-refractivity contribution is 6.39. The maximum atomic E-state index is 9.47. The van der Waals surface area contributed by atoms with Crippen LogP contribution < -0.4 is 10.5 Å². The van der Waals surface area contributed by atoms with Crippen molar-refractivity contribution >= 4 is 29.0 Å². The highest BCUT2D eigenvalue weighted by Crippen LogP contribution is 2.41. The van der Waals surface area contributed by atoms with Gasteiger partial charge in [0.1, 0.15) is 29.1 Å². The van der Waals surface area contributed by atoms with Gasteiger partial charge in [0.2, 0.25) is 5.88 Å². The normalized spacial score (nSPS) is 9.86. The average Bonchev–Trinajstić information content (AvgIpc) is 2.47. The SMILES string of the molecule is CCOc1nc(N)c(C#N)c(-c2c(Cl)cccc2Cl)c1C#N. The van der Waals surface area contributed by atoms with E-state index in [0.29, 0.717) is 22.2 Å². The molecule has 0 amide bonds. The number of nitrogen functional groups attached to an aromatic ring is 1. The van der Waals surface area contributed by atoms with Gasteiger partial charge in [-0.05, 0) is 19.1 Å². The third-order valence-electron chi connectivity index (χ3n) is 2.91. The lowest BCUT2D eigenvalue weighted by atomic mass is 9.96. The predicted molar refractivity (Wildman–Crippen MR) is 84.7 cm³/mol. The summed E-state index contributed by atoms with van der Waals surface area (Å²) < 4.78 is 5.34. The Balaban J connectivity index is 2.96. The number of nitriles is 2. The quantitative estimate of drug-likeness (QED) is 0.922. The highest BCUT2D eigenvalue weighted by Gasteiger charge is 2.24. The largest absolute Gasteiger partial charge is 0.477 e. The Labute approximate surface area is 137 Å². The summed E-state index contributed by atoms with van der Waals surface area (Å²) >= 11 is 12.4. The van der Waals surface area contributed by atoms with Gasteiger partial charge in [-0.15, -0.1) is 0 Å². The van der Waals surface area contributed by atoms with Crippen LogP contribution in [0.5, 0.6) is 5.88 Å². The molecule has 0 radical (unpaired) electrons. The first-order valence-corrected chi connectivity index (χ1v) is 7.01. The van der Waals surface area contributed by atoms with Crippen molar-refractivity contribution < 1.29 is 4.74 Å². The first-order valence-electron chi connectivity index (χ1n) is 6.25. The zero-order chi connectivity index (χ0) is 16.3. The molecule has 0 unspecified atom stereocenters. The molecule has 2 N–H and O–H groups in total. The monoisotopic (exact) mass is 332 g/mol. The van der Waals surface area contributed by atoms with Crippen LogP contribution >= 0.6 is 23.2 Å². The molecular weight excluding hydrogens is 323 g/mol. The standard InChI is InChI=1S/C15H10Cl2N4O/c1-2-22-15-9(7-19)12(8(6-18)14(20)21-15)13-10(16)4-3-5-11(13)17/h3-5H,2H2,1H3,(H2,20,21). The molecule has 2 aromatic rings. The Bertz CT molecular complexity index is 802. The Hall–Kier alpha value is -2.47. The molecule has 0 spiro atoms. The molecule has 22 heavy (non-hydrogen) atoms. The maximum absolute atomic E-state index is 9.47. The van der Waals surface area contributed by atoms with E-state index in [1.165, 1.54) is 0 Å². The zero-order valence-corrected chi connectivity index (χ0v) is 13.0. The second-order valence-corrected chi connectivity index (χ2v) is 4.99. The molecule has 1 aromatic carbocycles. The molecule has 0 fully saturated rings. The molecule has 1 heterocycles. The van der Waals surface area contributed by atoms with Gasteiger partial charge >= 0.3 is 0 Å². The number of benzene rings is 1. The van der Waals surface area contributed by atoms with Gasteiger partial charge in [0.05, 0.1) is 6.61 Å². The van der Waals surface area contributed by atoms with Crippen LogP contribution in [-0.2, 0) is 0 Å². The number of aromatic nitrogens is 1. The topological polar surface area (TPSA) is 95.7 Å². The second-order valence-electron chi connectivity index (χ2n) is 4.18. The fourth-order valence-electron chi connectivity index (χ4n) is 2.03. The summed E-state index contributed by atoms with van der Waals surface area (Å²) in [5.74, 6) is 0.00317. The Morgan fingerprint density at radius 1 is 1.14 bits per heavy atom. The van der Waals surface area contributed by atoms with Crippen molar-refractivity contribution in [3.63, 3.8) is 0 Å². The maximum Gasteiger partial charge on any atom is 0.234 e. The smallest absolute Gasteiger partial charge is 0.234 e. The third kappa shape index (κ3) is 2.65. The summed E-state index contributed by atoms with van der Waals surface area (Å²) in [7, 11) is 0. The van der Waals surface area contributed by atoms with Crippen LogP contribution in [0, 0.1) is 22.7 Å². The van der Waals surface area contributed by atoms with E-state index in [9.17, 15) is 10.5 Å². The molecule has 110 valence electrons. The summed E-state index contributed by atoms with van der Waals surface area (Å²) in [5.41, 5.74) is 6.51. The summed E-state index contributed by atoms with van der Waals surface area (Å²) in [6.07, 6.45) is 0. The summed E-state index contributed by atoms with van der Waals surface area (Å²) in [6.45, 7) is 2.04. The van der Waals surface area contributed by atoms with Gasteiger partial charge in [-0.2, -0.15) is 15.5 Å². The van der Waals surface area contributed by atoms with Gasteiger partial charge in [0.15, 0.2) is 0 Å². The predicted octanol–water partition coefficient (Wildman–Crippen LogP) is 3.78. The van der Waals surface area contributed by atoms with Gasteiger partial charge in [-0.25, -0.2) is 0 Å². The molecule has 7 heteroatoms. The molecule has 0 bridgehead atoms. The van der Waals surface area contributed by atoms with Crippen LogP contribution in [0.2, 0.25) is 10.0 Å². The van der Waals surface area contributed by atoms with Crippen LogP contribution in [0.15, 0.2) is 18.2 Å². The molecular formula is C15H10Cl2N4O. The molecule has 2 rings (SSSR count). The fourth-order valence-corrected chi connectivity index (χ4v) is 2.61. The molecule has 0 aliphatic carbocycles. The van der Waals surface area contributed by atoms with Crippen LogP contribution in [0.1, 0.15) is 18.1 Å². The number of rotatable bonds is 3. The van der Waals surface area contributed by atoms with Crippen molar-refractivity contribution in [3.8, 4) is 29.1 Å². The van der Waals surface area contributed by atoms with E-state index in [2.05, 4.69) is 4.98 Å². The molecule has 0 saturated heterocycles. The summed E-state index contributed by atoms with van der Waals surface area (Å²) in [5, 5.41) is 19.4. The average molecular weight is 333 g/mol. The summed E-state index contributed by atoms with van der Waals surface area (Å²) in [6, 6.07) is 8.84.